The Labute approximate surface area is 468 Å². The van der Waals surface area contributed by atoms with Gasteiger partial charge in [0.25, 0.3) is 0 Å². The van der Waals surface area contributed by atoms with E-state index in [9.17, 15) is 39.6 Å². The third-order valence-corrected chi connectivity index (χ3v) is 19.0. The smallest absolute Gasteiger partial charge is 0.310 e. The molecular formula is C64H98O11. The van der Waals surface area contributed by atoms with Crippen LogP contribution in [0.4, 0.5) is 0 Å². The molecule has 0 bridgehead atoms. The number of carbonyl (C=O) groups is 4. The van der Waals surface area contributed by atoms with Crippen LogP contribution in [0.2, 0.25) is 0 Å². The fourth-order valence-electron chi connectivity index (χ4n) is 15.5. The Bertz CT molecular complexity index is 2630. The number of rotatable bonds is 14. The molecule has 0 heterocycles. The zero-order valence-corrected chi connectivity index (χ0v) is 46.0. The number of aliphatic hydroxyl groups excluding tert-OH is 2. The van der Waals surface area contributed by atoms with Crippen molar-refractivity contribution in [3.05, 3.63) is 70.9 Å². The van der Waals surface area contributed by atoms with Gasteiger partial charge < -0.3 is 34.6 Å². The van der Waals surface area contributed by atoms with Gasteiger partial charge in [0.05, 0.1) is 23.4 Å². The molecule has 0 aromatic carbocycles. The summed E-state index contributed by atoms with van der Waals surface area (Å²) in [5.41, 5.74) is 1.17. The van der Waals surface area contributed by atoms with Crippen LogP contribution < -0.4 is 0 Å². The summed E-state index contributed by atoms with van der Waals surface area (Å²) in [4.78, 5) is 43.0. The summed E-state index contributed by atoms with van der Waals surface area (Å²) in [6.45, 7) is 6.30. The van der Waals surface area contributed by atoms with Crippen molar-refractivity contribution in [3.63, 3.8) is 0 Å². The van der Waals surface area contributed by atoms with E-state index in [1.165, 1.54) is 38.8 Å². The van der Waals surface area contributed by atoms with Crippen LogP contribution >= 0.6 is 0 Å². The molecule has 8 aliphatic rings. The summed E-state index contributed by atoms with van der Waals surface area (Å²) in [5, 5.41) is 41.7. The van der Waals surface area contributed by atoms with Gasteiger partial charge in [0.1, 0.15) is 12.2 Å². The normalized spacial score (nSPS) is 37.9. The average molecular weight is 1060 g/mol. The zero-order chi connectivity index (χ0) is 65.3. The Morgan fingerprint density at radius 3 is 1.48 bits per heavy atom. The van der Waals surface area contributed by atoms with E-state index in [1.807, 2.05) is 0 Å². The Balaban J connectivity index is 0.000000252. The molecule has 6 unspecified atom stereocenters. The van der Waals surface area contributed by atoms with Crippen LogP contribution in [0.5, 0.6) is 0 Å². The number of aliphatic hydroxyl groups is 4. The molecular weight excluding hydrogens is 945 g/mol. The molecule has 4 N–H and O–H groups in total. The molecule has 11 heteroatoms. The molecule has 8 aliphatic carbocycles. The van der Waals surface area contributed by atoms with Crippen LogP contribution in [0.25, 0.3) is 0 Å². The lowest BCUT2D eigenvalue weighted by Gasteiger charge is -2.45. The van der Waals surface area contributed by atoms with Crippen molar-refractivity contribution in [2.75, 3.05) is 0 Å². The van der Waals surface area contributed by atoms with Crippen molar-refractivity contribution in [2.24, 2.45) is 45.3 Å². The van der Waals surface area contributed by atoms with Crippen LogP contribution in [0.1, 0.15) is 239 Å². The fraction of sp³-hybridized carbons (Fsp3) is 0.750. The van der Waals surface area contributed by atoms with Gasteiger partial charge in [0.15, 0.2) is 0 Å². The molecule has 0 amide bonds. The van der Waals surface area contributed by atoms with Crippen LogP contribution in [-0.2, 0) is 33.4 Å². The molecule has 8 fully saturated rings. The number of hydrogen-bond donors (Lipinski definition) is 4. The zero-order valence-electron chi connectivity index (χ0n) is 58.0. The van der Waals surface area contributed by atoms with E-state index >= 15 is 0 Å². The summed E-state index contributed by atoms with van der Waals surface area (Å²) in [6.07, 6.45) is 25.0. The van der Waals surface area contributed by atoms with Crippen molar-refractivity contribution in [3.8, 4) is 0 Å². The van der Waals surface area contributed by atoms with Crippen LogP contribution in [0.15, 0.2) is 70.9 Å². The lowest BCUT2D eigenvalue weighted by Crippen LogP contribution is -2.37. The molecule has 0 aliphatic heterocycles. The van der Waals surface area contributed by atoms with E-state index in [4.69, 9.17) is 25.9 Å². The van der Waals surface area contributed by atoms with E-state index in [0.717, 1.165) is 119 Å². The number of ether oxygens (including phenoxy) is 3. The number of hydrogen-bond acceptors (Lipinski definition) is 11. The standard InChI is InChI=1S/C32H48O5.C28H44O3.C4H6O3/c1-21-25(19-26(36-22(2)33)20-28(21)37-23(3)34)11-10-24-9-7-15-31(6)27(24)12-13-29(31)32(17-18-32)16-8-14-30(4,5)35;1-19-21(17-22(29)18-24(19)30)9-8-20-7-5-13-27(4)23(20)10-11-25(27)28(15-16-28)14-6-12-26(2,3)31;1-3(5)7-4(2)6/h10-11,26-29,35H,1,7-9,12-20H2,2-6H3;8-9,22-25,29-31H,1,5-7,10-18H2,2-4H3;1-2H3/b24-10+,25-11-;20-8+,21-9-;/t26?,27?,28-,29?,31-;22?,23?,24-,25?,27-;/m00./s1/i4D3,5D3;2D3,3D3;. The monoisotopic (exact) mass is 1050 g/mol. The quantitative estimate of drug-likeness (QED) is 0.0740. The van der Waals surface area contributed by atoms with E-state index in [-0.39, 0.29) is 46.6 Å². The Kier molecular flexibility index (Phi) is 14.8. The first-order chi connectivity index (χ1) is 40.0. The highest BCUT2D eigenvalue weighted by Gasteiger charge is 2.62. The lowest BCUT2D eigenvalue weighted by molar-refractivity contribution is -0.157. The first-order valence-corrected chi connectivity index (χ1v) is 28.0. The van der Waals surface area contributed by atoms with Crippen molar-refractivity contribution in [1.29, 1.82) is 0 Å². The summed E-state index contributed by atoms with van der Waals surface area (Å²) in [5.74, 6) is -0.0543. The SMILES string of the molecule is CC(=O)OC(C)=O.[2H]C([2H])([2H])C(O)(CCCC1(C2CCC3/C(=C/C=C4/CC(O)C[C@H](O)C4=C)CCC[C@@]32C)CC1)C([2H])([2H])[2H].[2H]C([2H])([2H])C(O)(CCCC1(C2CCC3/C(=C/C=C4/CC(OC(C)=O)C[C@H](OC(C)=O)C4=C)CCC[C@@]32C)CC1)C([2H])([2H])[2H]. The lowest BCUT2D eigenvalue weighted by atomic mass is 9.59. The predicted molar refractivity (Wildman–Crippen MR) is 295 cm³/mol. The summed E-state index contributed by atoms with van der Waals surface area (Å²) in [7, 11) is 0. The van der Waals surface area contributed by atoms with E-state index < -0.39 is 74.8 Å². The molecule has 8 rings (SSSR count). The third-order valence-electron chi connectivity index (χ3n) is 19.0. The highest BCUT2D eigenvalue weighted by Crippen LogP contribution is 2.71. The second-order valence-electron chi connectivity index (χ2n) is 24.6. The minimum absolute atomic E-state index is 0.0704. The topological polar surface area (TPSA) is 177 Å². The van der Waals surface area contributed by atoms with Crippen molar-refractivity contribution < 1.29 is 70.3 Å². The molecule has 0 radical (unpaired) electrons. The van der Waals surface area contributed by atoms with Gasteiger partial charge in [-0.25, -0.2) is 0 Å². The number of allylic oxidation sites excluding steroid dienone is 6. The highest BCUT2D eigenvalue weighted by atomic mass is 16.6. The predicted octanol–water partition coefficient (Wildman–Crippen LogP) is 12.9. The largest absolute Gasteiger partial charge is 0.462 e. The molecule has 10 atom stereocenters. The maximum atomic E-state index is 11.7. The number of esters is 4. The Hall–Kier alpha value is -3.64. The van der Waals surface area contributed by atoms with Gasteiger partial charge in [0.2, 0.25) is 0 Å². The minimum Gasteiger partial charge on any atom is -0.462 e. The van der Waals surface area contributed by atoms with Crippen molar-refractivity contribution in [1.82, 2.24) is 0 Å². The van der Waals surface area contributed by atoms with Gasteiger partial charge in [0, 0.05) is 63.4 Å². The molecule has 0 aromatic heterocycles. The van der Waals surface area contributed by atoms with Crippen molar-refractivity contribution in [2.45, 2.75) is 259 Å². The second kappa shape index (κ2) is 24.6. The summed E-state index contributed by atoms with van der Waals surface area (Å²) >= 11 is 0. The van der Waals surface area contributed by atoms with Gasteiger partial charge >= 0.3 is 23.9 Å². The van der Waals surface area contributed by atoms with E-state index in [1.54, 1.807) is 0 Å². The van der Waals surface area contributed by atoms with Crippen molar-refractivity contribution >= 4 is 23.9 Å². The first-order valence-electron chi connectivity index (χ1n) is 34.0. The van der Waals surface area contributed by atoms with Gasteiger partial charge in [-0.1, -0.05) is 75.3 Å². The maximum absolute atomic E-state index is 11.7. The summed E-state index contributed by atoms with van der Waals surface area (Å²) < 4.78 is 107. The Morgan fingerprint density at radius 1 is 0.627 bits per heavy atom. The van der Waals surface area contributed by atoms with E-state index in [2.05, 4.69) is 56.0 Å². The van der Waals surface area contributed by atoms with Crippen LogP contribution in [0.3, 0.4) is 0 Å². The molecule has 0 spiro atoms. The first kappa shape index (κ1) is 45.2. The van der Waals surface area contributed by atoms with Crippen LogP contribution in [-0.4, -0.2) is 79.9 Å². The van der Waals surface area contributed by atoms with Gasteiger partial charge in [-0.2, -0.15) is 0 Å². The molecule has 75 heavy (non-hydrogen) atoms. The molecule has 420 valence electrons. The van der Waals surface area contributed by atoms with Gasteiger partial charge in [-0.3, -0.25) is 19.2 Å². The van der Waals surface area contributed by atoms with Gasteiger partial charge in [-0.15, -0.1) is 0 Å². The highest BCUT2D eigenvalue weighted by molar-refractivity contribution is 5.82. The molecule has 8 saturated carbocycles. The number of carbonyl (C=O) groups excluding carboxylic acids is 4. The van der Waals surface area contributed by atoms with Crippen LogP contribution in [0, 0.1) is 45.3 Å². The maximum Gasteiger partial charge on any atom is 0.310 e. The fourth-order valence-corrected chi connectivity index (χ4v) is 15.5. The minimum atomic E-state index is -2.98. The third kappa shape index (κ3) is 15.8. The molecule has 0 aromatic rings. The second-order valence-corrected chi connectivity index (χ2v) is 24.6. The molecule has 0 saturated heterocycles. The van der Waals surface area contributed by atoms with Gasteiger partial charge in [-0.05, 0) is 217 Å². The number of fused-ring (bicyclic) bond motifs is 2. The Morgan fingerprint density at radius 2 is 1.08 bits per heavy atom. The van der Waals surface area contributed by atoms with E-state index in [0.29, 0.717) is 67.8 Å². The summed E-state index contributed by atoms with van der Waals surface area (Å²) in [6, 6.07) is 0. The average Bonchev–Trinajstić information content (AvgIpc) is 1.60. The molecule has 11 nitrogen and oxygen atoms in total.